The standard InChI is InChI=1S/C24H22N4O2/c1-16-3-5-18(6-4-16)15-25-28-24(29)19-9-12-21-22(14-19)27-23(26-21)13-17-7-10-20(30-2)11-8-17/h3-12,14-15H,13H2,1-2H3,(H,26,27)(H,28,29)/b25-15-. The average molecular weight is 398 g/mol. The lowest BCUT2D eigenvalue weighted by Crippen LogP contribution is -2.17. The summed E-state index contributed by atoms with van der Waals surface area (Å²) in [5.74, 6) is 1.39. The highest BCUT2D eigenvalue weighted by Gasteiger charge is 2.09. The van der Waals surface area contributed by atoms with Crippen molar-refractivity contribution in [3.05, 3.63) is 94.8 Å². The maximum Gasteiger partial charge on any atom is 0.271 e. The Morgan fingerprint density at radius 3 is 2.60 bits per heavy atom. The van der Waals surface area contributed by atoms with Crippen LogP contribution in [-0.4, -0.2) is 29.2 Å². The van der Waals surface area contributed by atoms with Crippen LogP contribution in [0.1, 0.15) is 32.9 Å². The molecule has 0 aliphatic carbocycles. The third-order valence-corrected chi connectivity index (χ3v) is 4.78. The summed E-state index contributed by atoms with van der Waals surface area (Å²) >= 11 is 0. The number of rotatable bonds is 6. The van der Waals surface area contributed by atoms with Crippen LogP contribution in [0.3, 0.4) is 0 Å². The molecule has 4 rings (SSSR count). The number of nitrogens with zero attached hydrogens (tertiary/aromatic N) is 2. The zero-order valence-corrected chi connectivity index (χ0v) is 16.8. The van der Waals surface area contributed by atoms with E-state index < -0.39 is 0 Å². The van der Waals surface area contributed by atoms with Gasteiger partial charge in [-0.15, -0.1) is 0 Å². The Labute approximate surface area is 174 Å². The lowest BCUT2D eigenvalue weighted by molar-refractivity contribution is 0.0955. The van der Waals surface area contributed by atoms with Gasteiger partial charge in [-0.1, -0.05) is 42.0 Å². The van der Waals surface area contributed by atoms with Gasteiger partial charge in [0.15, 0.2) is 0 Å². The van der Waals surface area contributed by atoms with Gasteiger partial charge in [0.05, 0.1) is 24.4 Å². The minimum Gasteiger partial charge on any atom is -0.497 e. The van der Waals surface area contributed by atoms with Crippen molar-refractivity contribution in [2.24, 2.45) is 5.10 Å². The molecule has 0 saturated heterocycles. The van der Waals surface area contributed by atoms with Gasteiger partial charge in [-0.25, -0.2) is 10.4 Å². The Balaban J connectivity index is 1.44. The van der Waals surface area contributed by atoms with Crippen molar-refractivity contribution in [2.75, 3.05) is 7.11 Å². The fourth-order valence-corrected chi connectivity index (χ4v) is 3.11. The first-order valence-electron chi connectivity index (χ1n) is 9.62. The van der Waals surface area contributed by atoms with Crippen molar-refractivity contribution < 1.29 is 9.53 Å². The summed E-state index contributed by atoms with van der Waals surface area (Å²) in [6.07, 6.45) is 2.29. The predicted octanol–water partition coefficient (Wildman–Crippen LogP) is 4.23. The first-order valence-corrected chi connectivity index (χ1v) is 9.62. The Morgan fingerprint density at radius 1 is 1.10 bits per heavy atom. The summed E-state index contributed by atoms with van der Waals surface area (Å²) in [7, 11) is 1.65. The fraction of sp³-hybridized carbons (Fsp3) is 0.125. The number of nitrogens with one attached hydrogen (secondary N) is 2. The molecule has 1 aromatic heterocycles. The lowest BCUT2D eigenvalue weighted by atomic mass is 10.1. The second-order valence-electron chi connectivity index (χ2n) is 7.05. The minimum absolute atomic E-state index is 0.272. The van der Waals surface area contributed by atoms with Crippen molar-refractivity contribution in [1.29, 1.82) is 0 Å². The molecule has 1 heterocycles. The third kappa shape index (κ3) is 4.55. The van der Waals surface area contributed by atoms with Gasteiger partial charge in [-0.05, 0) is 48.4 Å². The molecule has 0 spiro atoms. The number of benzene rings is 3. The van der Waals surface area contributed by atoms with E-state index in [1.165, 1.54) is 5.56 Å². The quantitative estimate of drug-likeness (QED) is 0.377. The van der Waals surface area contributed by atoms with Gasteiger partial charge in [0.2, 0.25) is 0 Å². The predicted molar refractivity (Wildman–Crippen MR) is 118 cm³/mol. The van der Waals surface area contributed by atoms with E-state index in [0.29, 0.717) is 12.0 Å². The van der Waals surface area contributed by atoms with E-state index in [4.69, 9.17) is 4.74 Å². The summed E-state index contributed by atoms with van der Waals surface area (Å²) in [5.41, 5.74) is 7.94. The molecule has 0 radical (unpaired) electrons. The lowest BCUT2D eigenvalue weighted by Gasteiger charge is -2.01. The molecule has 6 nitrogen and oxygen atoms in total. The monoisotopic (exact) mass is 398 g/mol. The van der Waals surface area contributed by atoms with Crippen LogP contribution in [0.15, 0.2) is 71.8 Å². The van der Waals surface area contributed by atoms with E-state index in [-0.39, 0.29) is 5.91 Å². The molecule has 0 bridgehead atoms. The minimum atomic E-state index is -0.272. The van der Waals surface area contributed by atoms with E-state index in [2.05, 4.69) is 20.5 Å². The molecule has 0 aliphatic rings. The number of hydrogen-bond acceptors (Lipinski definition) is 4. The molecule has 0 unspecified atom stereocenters. The zero-order chi connectivity index (χ0) is 20.9. The molecule has 0 atom stereocenters. The molecule has 0 fully saturated rings. The maximum atomic E-state index is 12.4. The summed E-state index contributed by atoms with van der Waals surface area (Å²) in [6.45, 7) is 2.02. The Morgan fingerprint density at radius 2 is 1.87 bits per heavy atom. The SMILES string of the molecule is COc1ccc(Cc2nc3ccc(C(=O)N/N=C\c4ccc(C)cc4)cc3[nH]2)cc1. The molecule has 150 valence electrons. The van der Waals surface area contributed by atoms with Gasteiger partial charge in [0.1, 0.15) is 11.6 Å². The highest BCUT2D eigenvalue weighted by Crippen LogP contribution is 2.18. The van der Waals surface area contributed by atoms with Gasteiger partial charge in [-0.3, -0.25) is 4.79 Å². The number of aromatic nitrogens is 2. The number of carbonyl (C=O) groups is 1. The number of imidazole rings is 1. The number of carbonyl (C=O) groups excluding carboxylic acids is 1. The van der Waals surface area contributed by atoms with Gasteiger partial charge >= 0.3 is 0 Å². The summed E-state index contributed by atoms with van der Waals surface area (Å²) < 4.78 is 5.19. The van der Waals surface area contributed by atoms with Gasteiger partial charge in [0.25, 0.3) is 5.91 Å². The number of aromatic amines is 1. The van der Waals surface area contributed by atoms with Crippen LogP contribution in [0.4, 0.5) is 0 Å². The molecular weight excluding hydrogens is 376 g/mol. The van der Waals surface area contributed by atoms with Crippen molar-refractivity contribution >= 4 is 23.2 Å². The van der Waals surface area contributed by atoms with E-state index in [0.717, 1.165) is 33.7 Å². The summed E-state index contributed by atoms with van der Waals surface area (Å²) in [5, 5.41) is 4.04. The van der Waals surface area contributed by atoms with E-state index >= 15 is 0 Å². The number of ether oxygens (including phenoxy) is 1. The van der Waals surface area contributed by atoms with Gasteiger partial charge in [0, 0.05) is 12.0 Å². The topological polar surface area (TPSA) is 79.4 Å². The first kappa shape index (κ1) is 19.4. The van der Waals surface area contributed by atoms with Gasteiger partial charge in [-0.2, -0.15) is 5.10 Å². The van der Waals surface area contributed by atoms with E-state index in [1.54, 1.807) is 25.5 Å². The summed E-state index contributed by atoms with van der Waals surface area (Å²) in [4.78, 5) is 20.3. The highest BCUT2D eigenvalue weighted by atomic mass is 16.5. The third-order valence-electron chi connectivity index (χ3n) is 4.78. The number of amides is 1. The largest absolute Gasteiger partial charge is 0.497 e. The highest BCUT2D eigenvalue weighted by molar-refractivity contribution is 5.97. The zero-order valence-electron chi connectivity index (χ0n) is 16.8. The number of methoxy groups -OCH3 is 1. The van der Waals surface area contributed by atoms with Crippen LogP contribution in [-0.2, 0) is 6.42 Å². The molecule has 30 heavy (non-hydrogen) atoms. The molecule has 4 aromatic rings. The van der Waals surface area contributed by atoms with Crippen molar-refractivity contribution in [3.63, 3.8) is 0 Å². The first-order chi connectivity index (χ1) is 14.6. The second-order valence-corrected chi connectivity index (χ2v) is 7.05. The van der Waals surface area contributed by atoms with Crippen LogP contribution >= 0.6 is 0 Å². The number of fused-ring (bicyclic) bond motifs is 1. The Kier molecular flexibility index (Phi) is 5.57. The van der Waals surface area contributed by atoms with Crippen LogP contribution in [0.2, 0.25) is 0 Å². The number of hydrazone groups is 1. The van der Waals surface area contributed by atoms with Crippen LogP contribution in [0.25, 0.3) is 11.0 Å². The fourth-order valence-electron chi connectivity index (χ4n) is 3.11. The van der Waals surface area contributed by atoms with E-state index in [9.17, 15) is 4.79 Å². The Hall–Kier alpha value is -3.93. The molecule has 2 N–H and O–H groups in total. The molecule has 0 aliphatic heterocycles. The molecular formula is C24H22N4O2. The summed E-state index contributed by atoms with van der Waals surface area (Å²) in [6, 6.07) is 21.1. The van der Waals surface area contributed by atoms with Crippen molar-refractivity contribution in [2.45, 2.75) is 13.3 Å². The number of aryl methyl sites for hydroxylation is 1. The second kappa shape index (κ2) is 8.61. The molecule has 0 saturated carbocycles. The maximum absolute atomic E-state index is 12.4. The van der Waals surface area contributed by atoms with Crippen molar-refractivity contribution in [1.82, 2.24) is 15.4 Å². The van der Waals surface area contributed by atoms with Crippen LogP contribution in [0, 0.1) is 6.92 Å². The number of H-pyrrole nitrogens is 1. The van der Waals surface area contributed by atoms with Crippen LogP contribution in [0.5, 0.6) is 5.75 Å². The Bertz CT molecular complexity index is 1190. The molecule has 3 aromatic carbocycles. The van der Waals surface area contributed by atoms with E-state index in [1.807, 2.05) is 61.5 Å². The van der Waals surface area contributed by atoms with Crippen LogP contribution < -0.4 is 10.2 Å². The normalized spacial score (nSPS) is 11.1. The number of hydrogen-bond donors (Lipinski definition) is 2. The molecule has 1 amide bonds. The van der Waals surface area contributed by atoms with Crippen molar-refractivity contribution in [3.8, 4) is 5.75 Å². The van der Waals surface area contributed by atoms with Gasteiger partial charge < -0.3 is 9.72 Å². The smallest absolute Gasteiger partial charge is 0.271 e. The molecule has 6 heteroatoms. The average Bonchev–Trinajstić information content (AvgIpc) is 3.17.